The van der Waals surface area contributed by atoms with Gasteiger partial charge in [0, 0.05) is 5.69 Å². The predicted molar refractivity (Wildman–Crippen MR) is 128 cm³/mol. The van der Waals surface area contributed by atoms with Gasteiger partial charge >= 0.3 is 0 Å². The molecule has 0 saturated heterocycles. The van der Waals surface area contributed by atoms with Crippen LogP contribution < -0.4 is 14.4 Å². The molecule has 0 aliphatic rings. The number of anilines is 2. The lowest BCUT2D eigenvalue weighted by atomic mass is 10.1. The lowest BCUT2D eigenvalue weighted by Gasteiger charge is -2.26. The monoisotopic (exact) mass is 472 g/mol. The fourth-order valence-electron chi connectivity index (χ4n) is 3.30. The lowest BCUT2D eigenvalue weighted by Crippen LogP contribution is -2.38. The Morgan fingerprint density at radius 3 is 2.22 bits per heavy atom. The number of carbonyl (C=O) groups is 1. The summed E-state index contributed by atoms with van der Waals surface area (Å²) < 4.78 is 33.3. The van der Waals surface area contributed by atoms with Gasteiger partial charge in [0.1, 0.15) is 12.3 Å². The summed E-state index contributed by atoms with van der Waals surface area (Å²) in [5.41, 5.74) is 3.57. The van der Waals surface area contributed by atoms with Crippen LogP contribution in [0.3, 0.4) is 0 Å². The fraction of sp³-hybridized carbons (Fsp3) is 0.208. The maximum absolute atomic E-state index is 13.5. The minimum atomic E-state index is -3.99. The van der Waals surface area contributed by atoms with Crippen LogP contribution in [0.2, 0.25) is 5.02 Å². The third-order valence-electron chi connectivity index (χ3n) is 4.95. The molecular weight excluding hydrogens is 448 g/mol. The summed E-state index contributed by atoms with van der Waals surface area (Å²) in [5.74, 6) is -0.0228. The average Bonchev–Trinajstić information content (AvgIpc) is 2.73. The van der Waals surface area contributed by atoms with E-state index in [4.69, 9.17) is 16.3 Å². The Bertz CT molecular complexity index is 1240. The molecule has 168 valence electrons. The first-order valence-corrected chi connectivity index (χ1v) is 11.7. The van der Waals surface area contributed by atoms with Gasteiger partial charge in [-0.1, -0.05) is 47.0 Å². The average molecular weight is 473 g/mol. The van der Waals surface area contributed by atoms with Gasteiger partial charge in [0.15, 0.2) is 0 Å². The van der Waals surface area contributed by atoms with Crippen molar-refractivity contribution in [3.05, 3.63) is 82.4 Å². The molecule has 1 amide bonds. The van der Waals surface area contributed by atoms with Gasteiger partial charge in [-0.3, -0.25) is 9.10 Å². The summed E-state index contributed by atoms with van der Waals surface area (Å²) in [4.78, 5) is 13.0. The SMILES string of the molecule is COc1ccc(NC(=O)CN(c2ccc(C)cc2C)S(=O)(=O)c2ccc(C)cc2)cc1Cl. The number of nitrogens with one attached hydrogen (secondary N) is 1. The standard InChI is InChI=1S/C24H25ClN2O4S/c1-16-5-9-20(10-6-16)32(29,30)27(22-11-7-17(2)13-18(22)3)15-24(28)26-19-8-12-23(31-4)21(25)14-19/h5-14H,15H2,1-4H3,(H,26,28). The summed E-state index contributed by atoms with van der Waals surface area (Å²) in [7, 11) is -2.49. The third-order valence-corrected chi connectivity index (χ3v) is 7.02. The summed E-state index contributed by atoms with van der Waals surface area (Å²) in [6, 6.07) is 16.8. The van der Waals surface area contributed by atoms with Crippen LogP contribution in [-0.2, 0) is 14.8 Å². The van der Waals surface area contributed by atoms with Crippen LogP contribution >= 0.6 is 11.6 Å². The Hall–Kier alpha value is -3.03. The van der Waals surface area contributed by atoms with Crippen molar-refractivity contribution in [3.63, 3.8) is 0 Å². The Morgan fingerprint density at radius 2 is 1.62 bits per heavy atom. The Morgan fingerprint density at radius 1 is 0.969 bits per heavy atom. The van der Waals surface area contributed by atoms with Gasteiger partial charge in [-0.2, -0.15) is 0 Å². The number of sulfonamides is 1. The van der Waals surface area contributed by atoms with E-state index in [1.165, 1.54) is 7.11 Å². The molecule has 0 bridgehead atoms. The fourth-order valence-corrected chi connectivity index (χ4v) is 5.04. The maximum Gasteiger partial charge on any atom is 0.264 e. The van der Waals surface area contributed by atoms with Crippen molar-refractivity contribution in [1.82, 2.24) is 0 Å². The largest absolute Gasteiger partial charge is 0.495 e. The van der Waals surface area contributed by atoms with Gasteiger partial charge in [-0.05, 0) is 62.7 Å². The van der Waals surface area contributed by atoms with Crippen molar-refractivity contribution in [2.45, 2.75) is 25.7 Å². The molecule has 0 saturated carbocycles. The van der Waals surface area contributed by atoms with Crippen LogP contribution in [0.1, 0.15) is 16.7 Å². The molecule has 8 heteroatoms. The molecule has 3 aromatic rings. The van der Waals surface area contributed by atoms with Crippen molar-refractivity contribution in [2.24, 2.45) is 0 Å². The number of rotatable bonds is 7. The summed E-state index contributed by atoms with van der Waals surface area (Å²) in [5, 5.41) is 3.05. The number of ether oxygens (including phenoxy) is 1. The highest BCUT2D eigenvalue weighted by atomic mass is 35.5. The first-order valence-electron chi connectivity index (χ1n) is 9.92. The number of hydrogen-bond acceptors (Lipinski definition) is 4. The van der Waals surface area contributed by atoms with E-state index in [1.54, 1.807) is 48.5 Å². The van der Waals surface area contributed by atoms with E-state index in [-0.39, 0.29) is 4.90 Å². The van der Waals surface area contributed by atoms with E-state index in [2.05, 4.69) is 5.32 Å². The topological polar surface area (TPSA) is 75.7 Å². The minimum Gasteiger partial charge on any atom is -0.495 e. The number of aryl methyl sites for hydroxylation is 3. The zero-order chi connectivity index (χ0) is 23.5. The number of amides is 1. The predicted octanol–water partition coefficient (Wildman–Crippen LogP) is 5.11. The zero-order valence-corrected chi connectivity index (χ0v) is 19.9. The van der Waals surface area contributed by atoms with E-state index in [1.807, 2.05) is 32.9 Å². The maximum atomic E-state index is 13.5. The quantitative estimate of drug-likeness (QED) is 0.518. The van der Waals surface area contributed by atoms with Crippen molar-refractivity contribution in [1.29, 1.82) is 0 Å². The molecule has 0 spiro atoms. The normalized spacial score (nSPS) is 11.2. The molecular formula is C24H25ClN2O4S. The second-order valence-corrected chi connectivity index (χ2v) is 9.78. The van der Waals surface area contributed by atoms with Gasteiger partial charge in [0.05, 0.1) is 22.7 Å². The second kappa shape index (κ2) is 9.63. The second-order valence-electron chi connectivity index (χ2n) is 7.51. The molecule has 3 rings (SSSR count). The summed E-state index contributed by atoms with van der Waals surface area (Å²) >= 11 is 6.13. The number of hydrogen-bond donors (Lipinski definition) is 1. The number of carbonyl (C=O) groups excluding carboxylic acids is 1. The number of halogens is 1. The first kappa shape index (κ1) is 23.6. The van der Waals surface area contributed by atoms with Crippen molar-refractivity contribution in [2.75, 3.05) is 23.3 Å². The first-order chi connectivity index (χ1) is 15.1. The van der Waals surface area contributed by atoms with Gasteiger partial charge < -0.3 is 10.1 Å². The number of methoxy groups -OCH3 is 1. The summed E-state index contributed by atoms with van der Waals surface area (Å²) in [6.07, 6.45) is 0. The van der Waals surface area contributed by atoms with Crippen molar-refractivity contribution >= 4 is 38.9 Å². The molecule has 0 fully saturated rings. The molecule has 3 aromatic carbocycles. The molecule has 0 aromatic heterocycles. The van der Waals surface area contributed by atoms with Crippen LogP contribution in [0, 0.1) is 20.8 Å². The highest BCUT2D eigenvalue weighted by Gasteiger charge is 2.28. The summed E-state index contributed by atoms with van der Waals surface area (Å²) in [6.45, 7) is 5.23. The molecule has 1 N–H and O–H groups in total. The van der Waals surface area contributed by atoms with Crippen molar-refractivity contribution in [3.8, 4) is 5.75 Å². The van der Waals surface area contributed by atoms with E-state index in [9.17, 15) is 13.2 Å². The molecule has 0 heterocycles. The van der Waals surface area contributed by atoms with E-state index in [0.29, 0.717) is 22.1 Å². The smallest absolute Gasteiger partial charge is 0.264 e. The highest BCUT2D eigenvalue weighted by Crippen LogP contribution is 2.29. The Balaban J connectivity index is 1.96. The van der Waals surface area contributed by atoms with E-state index < -0.39 is 22.5 Å². The van der Waals surface area contributed by atoms with E-state index in [0.717, 1.165) is 21.0 Å². The van der Waals surface area contributed by atoms with Crippen LogP contribution in [0.25, 0.3) is 0 Å². The van der Waals surface area contributed by atoms with Gasteiger partial charge in [0.2, 0.25) is 5.91 Å². The Kier molecular flexibility index (Phi) is 7.11. The Labute approximate surface area is 193 Å². The van der Waals surface area contributed by atoms with Gasteiger partial charge in [-0.15, -0.1) is 0 Å². The highest BCUT2D eigenvalue weighted by molar-refractivity contribution is 7.92. The third kappa shape index (κ3) is 5.23. The molecule has 0 unspecified atom stereocenters. The molecule has 32 heavy (non-hydrogen) atoms. The van der Waals surface area contributed by atoms with Gasteiger partial charge in [-0.25, -0.2) is 8.42 Å². The lowest BCUT2D eigenvalue weighted by molar-refractivity contribution is -0.114. The van der Waals surface area contributed by atoms with E-state index >= 15 is 0 Å². The molecule has 0 radical (unpaired) electrons. The number of benzene rings is 3. The van der Waals surface area contributed by atoms with Crippen LogP contribution in [0.4, 0.5) is 11.4 Å². The molecule has 0 aliphatic carbocycles. The van der Waals surface area contributed by atoms with Crippen LogP contribution in [0.5, 0.6) is 5.75 Å². The molecule has 6 nitrogen and oxygen atoms in total. The van der Waals surface area contributed by atoms with Crippen molar-refractivity contribution < 1.29 is 17.9 Å². The molecule has 0 aliphatic heterocycles. The van der Waals surface area contributed by atoms with Crippen LogP contribution in [0.15, 0.2) is 65.6 Å². The van der Waals surface area contributed by atoms with Gasteiger partial charge in [0.25, 0.3) is 10.0 Å². The number of nitrogens with zero attached hydrogens (tertiary/aromatic N) is 1. The molecule has 0 atom stereocenters. The zero-order valence-electron chi connectivity index (χ0n) is 18.3. The minimum absolute atomic E-state index is 0.114. The van der Waals surface area contributed by atoms with Crippen LogP contribution in [-0.4, -0.2) is 28.0 Å².